The van der Waals surface area contributed by atoms with Gasteiger partial charge in [-0.2, -0.15) is 0 Å². The molecule has 2 rings (SSSR count). The van der Waals surface area contributed by atoms with E-state index in [9.17, 15) is 9.59 Å². The Morgan fingerprint density at radius 2 is 1.85 bits per heavy atom. The van der Waals surface area contributed by atoms with Crippen molar-refractivity contribution in [2.45, 2.75) is 5.79 Å². The maximum atomic E-state index is 12.2. The van der Waals surface area contributed by atoms with Gasteiger partial charge in [-0.25, -0.2) is 4.79 Å². The third-order valence-electron chi connectivity index (χ3n) is 2.86. The number of carbonyl (C=O) groups is 2. The van der Waals surface area contributed by atoms with Crippen molar-refractivity contribution in [2.75, 3.05) is 14.2 Å². The van der Waals surface area contributed by atoms with Crippen molar-refractivity contribution < 1.29 is 23.8 Å². The van der Waals surface area contributed by atoms with Gasteiger partial charge in [0.25, 0.3) is 5.78 Å². The van der Waals surface area contributed by atoms with Gasteiger partial charge in [0.1, 0.15) is 0 Å². The topological polar surface area (TPSA) is 61.8 Å². The van der Waals surface area contributed by atoms with Crippen LogP contribution in [0.25, 0.3) is 6.08 Å². The third-order valence-corrected chi connectivity index (χ3v) is 2.86. The van der Waals surface area contributed by atoms with Crippen molar-refractivity contribution in [2.24, 2.45) is 0 Å². The van der Waals surface area contributed by atoms with Crippen LogP contribution in [-0.4, -0.2) is 31.8 Å². The van der Waals surface area contributed by atoms with E-state index >= 15 is 0 Å². The summed E-state index contributed by atoms with van der Waals surface area (Å²) in [5.74, 6) is -3.14. The van der Waals surface area contributed by atoms with Crippen LogP contribution in [0.1, 0.15) is 5.56 Å². The molecule has 0 saturated heterocycles. The van der Waals surface area contributed by atoms with Gasteiger partial charge in [-0.1, -0.05) is 36.4 Å². The Balaban J connectivity index is 2.35. The van der Waals surface area contributed by atoms with E-state index in [-0.39, 0.29) is 5.76 Å². The highest BCUT2D eigenvalue weighted by Crippen LogP contribution is 2.26. The second-order valence-electron chi connectivity index (χ2n) is 4.08. The zero-order valence-corrected chi connectivity index (χ0v) is 11.2. The van der Waals surface area contributed by atoms with E-state index in [1.54, 1.807) is 6.08 Å². The Labute approximate surface area is 116 Å². The lowest BCUT2D eigenvalue weighted by Crippen LogP contribution is -2.47. The van der Waals surface area contributed by atoms with Gasteiger partial charge in [-0.3, -0.25) is 4.79 Å². The predicted octanol–water partition coefficient (Wildman–Crippen LogP) is 1.70. The molecular weight excluding hydrogens is 260 g/mol. The molecule has 1 aliphatic heterocycles. The number of Topliss-reactive ketones (excluding diaryl/α,β-unsaturated/α-hetero) is 1. The number of ether oxygens (including phenoxy) is 3. The molecule has 5 nitrogen and oxygen atoms in total. The van der Waals surface area contributed by atoms with E-state index in [1.807, 2.05) is 30.3 Å². The zero-order valence-electron chi connectivity index (χ0n) is 11.2. The van der Waals surface area contributed by atoms with E-state index in [4.69, 9.17) is 14.2 Å². The highest BCUT2D eigenvalue weighted by atomic mass is 16.7. The molecule has 0 N–H and O–H groups in total. The number of esters is 1. The molecular formula is C15H14O5. The average Bonchev–Trinajstić information content (AvgIpc) is 2.49. The van der Waals surface area contributed by atoms with Crippen LogP contribution < -0.4 is 0 Å². The molecule has 0 bridgehead atoms. The molecule has 0 spiro atoms. The molecule has 1 atom stereocenters. The van der Waals surface area contributed by atoms with E-state index < -0.39 is 17.5 Å². The standard InChI is InChI=1S/C15H14O5/c1-18-12-10-13(16)20-15(19-2,14(12)17)9-8-11-6-4-3-5-7-11/h3-10H,1-2H3/b9-8-/t15-/m1/s1. The molecule has 5 heteroatoms. The number of hydrogen-bond donors (Lipinski definition) is 0. The Morgan fingerprint density at radius 3 is 2.45 bits per heavy atom. The first-order chi connectivity index (χ1) is 9.61. The zero-order chi connectivity index (χ0) is 14.6. The quantitative estimate of drug-likeness (QED) is 0.782. The number of methoxy groups -OCH3 is 2. The summed E-state index contributed by atoms with van der Waals surface area (Å²) in [6.07, 6.45) is 4.04. The number of benzene rings is 1. The first kappa shape index (κ1) is 14.0. The lowest BCUT2D eigenvalue weighted by atomic mass is 10.0. The minimum Gasteiger partial charge on any atom is -0.492 e. The van der Waals surface area contributed by atoms with Crippen molar-refractivity contribution in [3.05, 3.63) is 53.8 Å². The van der Waals surface area contributed by atoms with Crippen molar-refractivity contribution in [3.63, 3.8) is 0 Å². The van der Waals surface area contributed by atoms with E-state index in [1.165, 1.54) is 20.3 Å². The van der Waals surface area contributed by atoms with Crippen molar-refractivity contribution in [3.8, 4) is 0 Å². The Hall–Kier alpha value is -2.40. The van der Waals surface area contributed by atoms with E-state index in [2.05, 4.69) is 0 Å². The smallest absolute Gasteiger partial charge is 0.337 e. The fourth-order valence-corrected chi connectivity index (χ4v) is 1.80. The molecule has 1 aliphatic rings. The predicted molar refractivity (Wildman–Crippen MR) is 71.4 cm³/mol. The minimum absolute atomic E-state index is 0.0965. The maximum absolute atomic E-state index is 12.2. The number of hydrogen-bond acceptors (Lipinski definition) is 5. The monoisotopic (exact) mass is 274 g/mol. The fourth-order valence-electron chi connectivity index (χ4n) is 1.80. The molecule has 20 heavy (non-hydrogen) atoms. The maximum Gasteiger partial charge on any atom is 0.337 e. The normalized spacial score (nSPS) is 22.6. The van der Waals surface area contributed by atoms with E-state index in [0.717, 1.165) is 11.6 Å². The van der Waals surface area contributed by atoms with Crippen LogP contribution >= 0.6 is 0 Å². The SMILES string of the molecule is COC1=CC(=O)O[C@@](/C=C\c2ccccc2)(OC)C1=O. The Morgan fingerprint density at radius 1 is 1.15 bits per heavy atom. The van der Waals surface area contributed by atoms with Gasteiger partial charge in [0, 0.05) is 7.11 Å². The van der Waals surface area contributed by atoms with Gasteiger partial charge in [-0.05, 0) is 11.6 Å². The van der Waals surface area contributed by atoms with Crippen molar-refractivity contribution in [1.82, 2.24) is 0 Å². The van der Waals surface area contributed by atoms with Crippen LogP contribution in [0.2, 0.25) is 0 Å². The van der Waals surface area contributed by atoms with Gasteiger partial charge >= 0.3 is 11.8 Å². The Kier molecular flexibility index (Phi) is 4.00. The molecule has 1 heterocycles. The molecule has 1 aromatic carbocycles. The third kappa shape index (κ3) is 2.62. The number of rotatable bonds is 4. The fraction of sp³-hybridized carbons (Fsp3) is 0.200. The molecule has 0 amide bonds. The first-order valence-electron chi connectivity index (χ1n) is 5.94. The summed E-state index contributed by atoms with van der Waals surface area (Å²) < 4.78 is 15.0. The van der Waals surface area contributed by atoms with Crippen molar-refractivity contribution >= 4 is 17.8 Å². The molecule has 0 aliphatic carbocycles. The van der Waals surface area contributed by atoms with Crippen molar-refractivity contribution in [1.29, 1.82) is 0 Å². The van der Waals surface area contributed by atoms with Gasteiger partial charge in [0.15, 0.2) is 5.76 Å². The summed E-state index contributed by atoms with van der Waals surface area (Å²) >= 11 is 0. The lowest BCUT2D eigenvalue weighted by Gasteiger charge is -2.30. The number of cyclic esters (lactones) is 1. The number of ketones is 1. The van der Waals surface area contributed by atoms with Gasteiger partial charge in [-0.15, -0.1) is 0 Å². The molecule has 104 valence electrons. The second kappa shape index (κ2) is 5.71. The Bertz CT molecular complexity index is 573. The van der Waals surface area contributed by atoms with Gasteiger partial charge < -0.3 is 14.2 Å². The highest BCUT2D eigenvalue weighted by Gasteiger charge is 2.46. The highest BCUT2D eigenvalue weighted by molar-refractivity contribution is 6.09. The van der Waals surface area contributed by atoms with Crippen LogP contribution in [0.5, 0.6) is 0 Å². The molecule has 1 aromatic rings. The van der Waals surface area contributed by atoms with Crippen LogP contribution in [0.3, 0.4) is 0 Å². The molecule has 0 radical (unpaired) electrons. The van der Waals surface area contributed by atoms with Gasteiger partial charge in [0.2, 0.25) is 0 Å². The molecule has 0 unspecified atom stereocenters. The van der Waals surface area contributed by atoms with Crippen LogP contribution in [0, 0.1) is 0 Å². The molecule has 0 saturated carbocycles. The summed E-state index contributed by atoms with van der Waals surface area (Å²) in [4.78, 5) is 23.7. The summed E-state index contributed by atoms with van der Waals surface area (Å²) in [6.45, 7) is 0. The second-order valence-corrected chi connectivity index (χ2v) is 4.08. The summed E-state index contributed by atoms with van der Waals surface area (Å²) in [7, 11) is 2.60. The molecule has 0 aromatic heterocycles. The number of carbonyl (C=O) groups excluding carboxylic acids is 2. The van der Waals surface area contributed by atoms with Crippen LogP contribution in [0.4, 0.5) is 0 Å². The average molecular weight is 274 g/mol. The van der Waals surface area contributed by atoms with Crippen LogP contribution in [-0.2, 0) is 23.8 Å². The minimum atomic E-state index is -1.78. The lowest BCUT2D eigenvalue weighted by molar-refractivity contribution is -0.201. The summed E-state index contributed by atoms with van der Waals surface area (Å²) in [5, 5.41) is 0. The summed E-state index contributed by atoms with van der Waals surface area (Å²) in [5.41, 5.74) is 0.848. The van der Waals surface area contributed by atoms with Crippen LogP contribution in [0.15, 0.2) is 48.2 Å². The first-order valence-corrected chi connectivity index (χ1v) is 5.94. The van der Waals surface area contributed by atoms with Gasteiger partial charge in [0.05, 0.1) is 13.2 Å². The van der Waals surface area contributed by atoms with E-state index in [0.29, 0.717) is 0 Å². The molecule has 0 fully saturated rings. The summed E-state index contributed by atoms with van der Waals surface area (Å²) in [6, 6.07) is 9.29. The largest absolute Gasteiger partial charge is 0.492 e.